The first-order valence-electron chi connectivity index (χ1n) is 10.6. The summed E-state index contributed by atoms with van der Waals surface area (Å²) in [6.45, 7) is -0.253. The van der Waals surface area contributed by atoms with E-state index < -0.39 is 42.1 Å². The van der Waals surface area contributed by atoms with E-state index in [2.05, 4.69) is 0 Å². The van der Waals surface area contributed by atoms with E-state index >= 15 is 0 Å². The Bertz CT molecular complexity index is 1130. The molecule has 0 spiro atoms. The quantitative estimate of drug-likeness (QED) is 0.488. The molecule has 4 aliphatic rings. The van der Waals surface area contributed by atoms with E-state index in [4.69, 9.17) is 0 Å². The molecular weight excluding hydrogens is 507 g/mol. The highest BCUT2D eigenvalue weighted by molar-refractivity contribution is 8.13. The van der Waals surface area contributed by atoms with E-state index in [0.29, 0.717) is 41.9 Å². The number of para-hydroxylation sites is 1. The highest BCUT2D eigenvalue weighted by Gasteiger charge is 2.56. The first kappa shape index (κ1) is 25.3. The van der Waals surface area contributed by atoms with Crippen molar-refractivity contribution in [3.63, 3.8) is 0 Å². The van der Waals surface area contributed by atoms with Crippen LogP contribution in [0.15, 0.2) is 30.3 Å². The number of halogens is 5. The molecule has 7 nitrogen and oxygen atoms in total. The van der Waals surface area contributed by atoms with Gasteiger partial charge in [-0.3, -0.25) is 4.79 Å². The molecule has 190 valence electrons. The Morgan fingerprint density at radius 3 is 1.79 bits per heavy atom. The molecule has 4 bridgehead atoms. The lowest BCUT2D eigenvalue weighted by molar-refractivity contribution is -0.134. The summed E-state index contributed by atoms with van der Waals surface area (Å²) in [5, 5.41) is -5.54. The van der Waals surface area contributed by atoms with Gasteiger partial charge in [0.2, 0.25) is 0 Å². The Labute approximate surface area is 193 Å². The second-order valence-electron chi connectivity index (χ2n) is 9.63. The molecule has 34 heavy (non-hydrogen) atoms. The molecule has 0 N–H and O–H groups in total. The van der Waals surface area contributed by atoms with Gasteiger partial charge in [0.25, 0.3) is 0 Å². The third-order valence-electron chi connectivity index (χ3n) is 7.03. The van der Waals surface area contributed by atoms with Crippen LogP contribution in [0.5, 0.6) is 0 Å². The molecule has 4 aliphatic carbocycles. The van der Waals surface area contributed by atoms with Gasteiger partial charge in [0.15, 0.2) is 20.0 Å². The van der Waals surface area contributed by atoms with Crippen LogP contribution in [-0.2, 0) is 24.8 Å². The van der Waals surface area contributed by atoms with Crippen LogP contribution in [0, 0.1) is 23.2 Å². The molecule has 1 aromatic carbocycles. The number of anilines is 1. The van der Waals surface area contributed by atoms with Crippen LogP contribution in [0.3, 0.4) is 0 Å². The second kappa shape index (κ2) is 8.12. The van der Waals surface area contributed by atoms with Gasteiger partial charge in [-0.25, -0.2) is 16.8 Å². The number of rotatable bonds is 7. The number of amides is 1. The number of carbonyl (C=O) groups excluding carboxylic acids is 1. The monoisotopic (exact) mass is 529 g/mol. The Hall–Kier alpha value is -1.80. The standard InChI is InChI=1S/C20H22F5N2O5S2/c21-19(22,33(29,30)26-34(31,32)20(23,24)25)17(28)27(16-4-2-1-3-5-16)12-18-9-13-6-14(10-18)8-15(7-13)11-18/h1-5,13-15H,6-12H2/q-1. The minimum atomic E-state index is -6.82. The Morgan fingerprint density at radius 2 is 1.35 bits per heavy atom. The molecule has 0 aromatic heterocycles. The van der Waals surface area contributed by atoms with Crippen LogP contribution in [0.1, 0.15) is 38.5 Å². The normalized spacial score (nSPS) is 29.3. The van der Waals surface area contributed by atoms with E-state index in [0.717, 1.165) is 19.3 Å². The van der Waals surface area contributed by atoms with Crippen molar-refractivity contribution in [2.75, 3.05) is 11.4 Å². The van der Waals surface area contributed by atoms with Crippen molar-refractivity contribution in [1.82, 2.24) is 0 Å². The van der Waals surface area contributed by atoms with Crippen molar-refractivity contribution in [2.45, 2.75) is 49.3 Å². The Kier molecular flexibility index (Phi) is 6.04. The van der Waals surface area contributed by atoms with Gasteiger partial charge < -0.3 is 9.03 Å². The maximum atomic E-state index is 14.9. The average Bonchev–Trinajstić information content (AvgIpc) is 2.69. The van der Waals surface area contributed by atoms with Crippen LogP contribution in [0.4, 0.5) is 27.6 Å². The molecule has 0 atom stereocenters. The van der Waals surface area contributed by atoms with Gasteiger partial charge in [0.05, 0.1) is 0 Å². The minimum absolute atomic E-state index is 0.0724. The van der Waals surface area contributed by atoms with Crippen molar-refractivity contribution in [2.24, 2.45) is 23.2 Å². The number of nitrogens with zero attached hydrogens (tertiary/aromatic N) is 2. The molecule has 0 radical (unpaired) electrons. The van der Waals surface area contributed by atoms with Gasteiger partial charge in [0.1, 0.15) is 0 Å². The summed E-state index contributed by atoms with van der Waals surface area (Å²) in [5.41, 5.74) is -6.83. The summed E-state index contributed by atoms with van der Waals surface area (Å²) in [6.07, 6.45) is 5.04. The summed E-state index contributed by atoms with van der Waals surface area (Å²) in [7, 11) is -13.5. The maximum Gasteiger partial charge on any atom is 0.480 e. The summed E-state index contributed by atoms with van der Waals surface area (Å²) in [6, 6.07) is 6.99. The van der Waals surface area contributed by atoms with Crippen LogP contribution in [0.2, 0.25) is 0 Å². The largest absolute Gasteiger partial charge is 0.480 e. The third-order valence-corrected chi connectivity index (χ3v) is 10.0. The molecule has 4 saturated carbocycles. The molecule has 0 saturated heterocycles. The van der Waals surface area contributed by atoms with Gasteiger partial charge in [-0.05, 0) is 73.8 Å². The van der Waals surface area contributed by atoms with Crippen molar-refractivity contribution in [1.29, 1.82) is 0 Å². The van der Waals surface area contributed by atoms with Crippen LogP contribution < -0.4 is 4.90 Å². The van der Waals surface area contributed by atoms with E-state index in [1.807, 2.05) is 0 Å². The second-order valence-corrected chi connectivity index (χ2v) is 13.1. The predicted octanol–water partition coefficient (Wildman–Crippen LogP) is 4.38. The first-order valence-corrected chi connectivity index (χ1v) is 13.5. The van der Waals surface area contributed by atoms with Gasteiger partial charge in [0, 0.05) is 12.2 Å². The Balaban J connectivity index is 1.67. The fourth-order valence-corrected chi connectivity index (χ4v) is 8.27. The molecule has 0 heterocycles. The molecule has 4 fully saturated rings. The molecule has 14 heteroatoms. The number of sulfonamides is 2. The summed E-state index contributed by atoms with van der Waals surface area (Å²) < 4.78 is 115. The number of carbonyl (C=O) groups is 1. The lowest BCUT2D eigenvalue weighted by atomic mass is 9.49. The number of alkyl halides is 5. The number of hydrogen-bond donors (Lipinski definition) is 0. The van der Waals surface area contributed by atoms with Crippen molar-refractivity contribution >= 4 is 31.6 Å². The maximum absolute atomic E-state index is 14.9. The zero-order chi connectivity index (χ0) is 25.2. The molecule has 1 aromatic rings. The van der Waals surface area contributed by atoms with Crippen LogP contribution >= 0.6 is 0 Å². The molecule has 1 amide bonds. The minimum Gasteiger partial charge on any atom is -0.423 e. The van der Waals surface area contributed by atoms with Crippen LogP contribution in [0.25, 0.3) is 4.13 Å². The van der Waals surface area contributed by atoms with E-state index in [1.54, 1.807) is 0 Å². The molecule has 0 unspecified atom stereocenters. The zero-order valence-corrected chi connectivity index (χ0v) is 19.3. The first-order chi connectivity index (χ1) is 15.6. The summed E-state index contributed by atoms with van der Waals surface area (Å²) in [4.78, 5) is 13.5. The Morgan fingerprint density at radius 1 is 0.882 bits per heavy atom. The number of benzene rings is 1. The van der Waals surface area contributed by atoms with E-state index in [1.165, 1.54) is 34.5 Å². The van der Waals surface area contributed by atoms with E-state index in [9.17, 15) is 43.6 Å². The van der Waals surface area contributed by atoms with Gasteiger partial charge in [-0.2, -0.15) is 22.0 Å². The van der Waals surface area contributed by atoms with Crippen molar-refractivity contribution in [3.05, 3.63) is 34.5 Å². The highest BCUT2D eigenvalue weighted by atomic mass is 32.3. The molecule has 0 aliphatic heterocycles. The van der Waals surface area contributed by atoms with Crippen molar-refractivity contribution < 1.29 is 43.6 Å². The van der Waals surface area contributed by atoms with Gasteiger partial charge >= 0.3 is 16.7 Å². The topological polar surface area (TPSA) is 103 Å². The summed E-state index contributed by atoms with van der Waals surface area (Å²) >= 11 is 0. The van der Waals surface area contributed by atoms with Gasteiger partial charge in [-0.1, -0.05) is 18.2 Å². The summed E-state index contributed by atoms with van der Waals surface area (Å²) in [5.74, 6) is -1.23. The highest BCUT2D eigenvalue weighted by Crippen LogP contribution is 2.60. The third kappa shape index (κ3) is 4.43. The SMILES string of the molecule is O=C(N(CC12CC3CC(CC(C3)C1)C2)c1ccccc1)C(F)(F)S(=O)(=O)[N-]S(=O)(=O)C(F)(F)F. The zero-order valence-electron chi connectivity index (χ0n) is 17.7. The average molecular weight is 530 g/mol. The molecule has 5 rings (SSSR count). The van der Waals surface area contributed by atoms with Crippen molar-refractivity contribution in [3.8, 4) is 0 Å². The van der Waals surface area contributed by atoms with E-state index in [-0.39, 0.29) is 12.2 Å². The van der Waals surface area contributed by atoms with Crippen LogP contribution in [-0.4, -0.2) is 40.1 Å². The predicted molar refractivity (Wildman–Crippen MR) is 112 cm³/mol. The van der Waals surface area contributed by atoms with Gasteiger partial charge in [-0.15, -0.1) is 0 Å². The fourth-order valence-electron chi connectivity index (χ4n) is 6.19. The molecular formula is C20H22F5N2O5S2-. The number of hydrogen-bond acceptors (Lipinski definition) is 5. The smallest absolute Gasteiger partial charge is 0.423 e. The fraction of sp³-hybridized carbons (Fsp3) is 0.650. The lowest BCUT2D eigenvalue weighted by Crippen LogP contribution is -2.56. The lowest BCUT2D eigenvalue weighted by Gasteiger charge is -2.57.